The van der Waals surface area contributed by atoms with Crippen molar-refractivity contribution in [3.8, 4) is 11.6 Å². The molecule has 0 saturated carbocycles. The van der Waals surface area contributed by atoms with Crippen molar-refractivity contribution in [1.29, 1.82) is 0 Å². The lowest BCUT2D eigenvalue weighted by atomic mass is 10.2. The Morgan fingerprint density at radius 2 is 1.76 bits per heavy atom. The molecule has 1 aromatic heterocycles. The lowest BCUT2D eigenvalue weighted by molar-refractivity contribution is 0.443. The summed E-state index contributed by atoms with van der Waals surface area (Å²) in [5, 5.41) is 20.3. The molecule has 0 atom stereocenters. The molecule has 0 spiro atoms. The van der Waals surface area contributed by atoms with E-state index in [-0.39, 0.29) is 10.9 Å². The van der Waals surface area contributed by atoms with E-state index >= 15 is 0 Å². The van der Waals surface area contributed by atoms with E-state index in [0.29, 0.717) is 30.4 Å². The summed E-state index contributed by atoms with van der Waals surface area (Å²) in [5.74, 6) is -0.0984. The zero-order valence-corrected chi connectivity index (χ0v) is 16.6. The molecule has 0 saturated heterocycles. The van der Waals surface area contributed by atoms with E-state index in [1.807, 2.05) is 19.1 Å². The number of aromatic hydroxyl groups is 1. The van der Waals surface area contributed by atoms with E-state index in [4.69, 9.17) is 47.0 Å². The summed E-state index contributed by atoms with van der Waals surface area (Å²) in [6.07, 6.45) is 0. The lowest BCUT2D eigenvalue weighted by Crippen LogP contribution is -1.93. The van der Waals surface area contributed by atoms with Crippen LogP contribution in [-0.4, -0.2) is 9.67 Å². The van der Waals surface area contributed by atoms with Crippen LogP contribution in [0.25, 0.3) is 5.69 Å². The number of nitrogens with zero attached hydrogens (tertiary/aromatic N) is 3. The Morgan fingerprint density at radius 1 is 1.00 bits per heavy atom. The Labute approximate surface area is 167 Å². The van der Waals surface area contributed by atoms with Crippen LogP contribution in [-0.2, 0) is 0 Å². The summed E-state index contributed by atoms with van der Waals surface area (Å²) in [6, 6.07) is 10.3. The highest BCUT2D eigenvalue weighted by Gasteiger charge is 2.14. The topological polar surface area (TPSA) is 49.9 Å². The van der Waals surface area contributed by atoms with E-state index in [2.05, 4.69) is 10.2 Å². The molecule has 4 nitrogen and oxygen atoms in total. The molecular weight excluding hydrogens is 421 g/mol. The number of rotatable bonds is 3. The predicted molar refractivity (Wildman–Crippen MR) is 107 cm³/mol. The van der Waals surface area contributed by atoms with Gasteiger partial charge in [0.25, 0.3) is 0 Å². The third kappa shape index (κ3) is 3.88. The highest BCUT2D eigenvalue weighted by atomic mass is 35.5. The Morgan fingerprint density at radius 3 is 2.44 bits per heavy atom. The normalized spacial score (nSPS) is 11.4. The second-order valence-corrected chi connectivity index (χ2v) is 7.91. The van der Waals surface area contributed by atoms with Gasteiger partial charge in [0.2, 0.25) is 10.9 Å². The van der Waals surface area contributed by atoms with Gasteiger partial charge in [-0.2, -0.15) is 0 Å². The summed E-state index contributed by atoms with van der Waals surface area (Å²) >= 11 is 24.4. The number of benzene rings is 2. The molecule has 0 fully saturated rings. The Bertz CT molecular complexity index is 1040. The Kier molecular flexibility index (Phi) is 5.46. The van der Waals surface area contributed by atoms with E-state index < -0.39 is 0 Å². The summed E-state index contributed by atoms with van der Waals surface area (Å²) in [6.45, 7) is 1.90. The van der Waals surface area contributed by atoms with Crippen LogP contribution < -0.4 is 0 Å². The van der Waals surface area contributed by atoms with Gasteiger partial charge in [-0.05, 0) is 55.0 Å². The number of thiazole rings is 1. The van der Waals surface area contributed by atoms with E-state index in [1.54, 1.807) is 24.3 Å². The van der Waals surface area contributed by atoms with Gasteiger partial charge in [0.15, 0.2) is 3.95 Å². The van der Waals surface area contributed by atoms with Crippen LogP contribution in [0.5, 0.6) is 5.88 Å². The average molecular weight is 431 g/mol. The van der Waals surface area contributed by atoms with Crippen LogP contribution in [0.2, 0.25) is 15.1 Å². The SMILES string of the molecule is Cc1ccc(-n2c(O)c(N=Nc3ccc(Cl)c(Cl)c3)sc2=S)cc1Cl. The maximum Gasteiger partial charge on any atom is 0.236 e. The molecule has 9 heteroatoms. The maximum absolute atomic E-state index is 10.5. The Balaban J connectivity index is 1.99. The van der Waals surface area contributed by atoms with Crippen molar-refractivity contribution in [2.45, 2.75) is 6.92 Å². The fourth-order valence-electron chi connectivity index (χ4n) is 2.02. The van der Waals surface area contributed by atoms with Gasteiger partial charge in [-0.25, -0.2) is 0 Å². The van der Waals surface area contributed by atoms with Crippen LogP contribution in [0, 0.1) is 10.9 Å². The quantitative estimate of drug-likeness (QED) is 0.342. The number of hydrogen-bond donors (Lipinski definition) is 1. The summed E-state index contributed by atoms with van der Waals surface area (Å²) in [7, 11) is 0. The predicted octanol–water partition coefficient (Wildman–Crippen LogP) is 7.66. The molecule has 3 aromatic rings. The first-order valence-electron chi connectivity index (χ1n) is 6.95. The molecule has 3 rings (SSSR count). The molecule has 0 aliphatic rings. The molecule has 0 amide bonds. The second kappa shape index (κ2) is 7.43. The van der Waals surface area contributed by atoms with Gasteiger partial charge >= 0.3 is 0 Å². The molecule has 0 aliphatic carbocycles. The molecule has 2 aromatic carbocycles. The third-order valence-electron chi connectivity index (χ3n) is 3.34. The zero-order chi connectivity index (χ0) is 18.1. The lowest BCUT2D eigenvalue weighted by Gasteiger charge is -2.06. The molecular formula is C16H10Cl3N3OS2. The van der Waals surface area contributed by atoms with Crippen LogP contribution in [0.1, 0.15) is 5.56 Å². The first kappa shape index (κ1) is 18.4. The van der Waals surface area contributed by atoms with Crippen LogP contribution in [0.4, 0.5) is 10.7 Å². The van der Waals surface area contributed by atoms with Crippen molar-refractivity contribution in [2.24, 2.45) is 10.2 Å². The molecule has 128 valence electrons. The molecule has 0 aliphatic heterocycles. The highest BCUT2D eigenvalue weighted by Crippen LogP contribution is 2.38. The Hall–Kier alpha value is -1.44. The summed E-state index contributed by atoms with van der Waals surface area (Å²) in [4.78, 5) is 0. The van der Waals surface area contributed by atoms with E-state index in [1.165, 1.54) is 4.57 Å². The fourth-order valence-corrected chi connectivity index (χ4v) is 3.63. The van der Waals surface area contributed by atoms with Crippen molar-refractivity contribution in [3.05, 3.63) is 61.0 Å². The molecule has 1 heterocycles. The van der Waals surface area contributed by atoms with Crippen LogP contribution >= 0.6 is 58.4 Å². The average Bonchev–Trinajstić information content (AvgIpc) is 2.85. The van der Waals surface area contributed by atoms with Crippen molar-refractivity contribution < 1.29 is 5.11 Å². The van der Waals surface area contributed by atoms with Gasteiger partial charge in [0, 0.05) is 5.02 Å². The van der Waals surface area contributed by atoms with Crippen molar-refractivity contribution >= 4 is 69.0 Å². The largest absolute Gasteiger partial charge is 0.492 e. The molecule has 0 unspecified atom stereocenters. The van der Waals surface area contributed by atoms with Gasteiger partial charge in [-0.15, -0.1) is 10.2 Å². The van der Waals surface area contributed by atoms with E-state index in [9.17, 15) is 5.11 Å². The number of hydrogen-bond acceptors (Lipinski definition) is 5. The highest BCUT2D eigenvalue weighted by molar-refractivity contribution is 7.73. The summed E-state index contributed by atoms with van der Waals surface area (Å²) < 4.78 is 1.93. The number of halogens is 3. The van der Waals surface area contributed by atoms with Gasteiger partial charge < -0.3 is 5.11 Å². The zero-order valence-electron chi connectivity index (χ0n) is 12.7. The van der Waals surface area contributed by atoms with Gasteiger partial charge in [0.1, 0.15) is 0 Å². The van der Waals surface area contributed by atoms with E-state index in [0.717, 1.165) is 16.9 Å². The molecule has 25 heavy (non-hydrogen) atoms. The first-order chi connectivity index (χ1) is 11.9. The molecule has 0 radical (unpaired) electrons. The van der Waals surface area contributed by atoms with Crippen molar-refractivity contribution in [3.63, 3.8) is 0 Å². The van der Waals surface area contributed by atoms with Gasteiger partial charge in [-0.3, -0.25) is 4.57 Å². The number of aromatic nitrogens is 1. The number of azo groups is 1. The third-order valence-corrected chi connectivity index (χ3v) is 5.74. The standard InChI is InChI=1S/C16H10Cl3N3OS2/c1-8-2-4-10(7-12(8)18)22-15(23)14(25-16(22)24)21-20-9-3-5-11(17)13(19)6-9/h2-7,23H,1H3. The van der Waals surface area contributed by atoms with Gasteiger partial charge in [-0.1, -0.05) is 52.2 Å². The maximum atomic E-state index is 10.5. The fraction of sp³-hybridized carbons (Fsp3) is 0.0625. The monoisotopic (exact) mass is 429 g/mol. The second-order valence-electron chi connectivity index (χ2n) is 5.06. The number of aryl methyl sites for hydroxylation is 1. The minimum Gasteiger partial charge on any atom is -0.492 e. The molecule has 0 bridgehead atoms. The first-order valence-corrected chi connectivity index (χ1v) is 9.31. The minimum atomic E-state index is -0.0984. The van der Waals surface area contributed by atoms with Crippen molar-refractivity contribution in [1.82, 2.24) is 4.57 Å². The van der Waals surface area contributed by atoms with Crippen LogP contribution in [0.3, 0.4) is 0 Å². The van der Waals surface area contributed by atoms with Crippen molar-refractivity contribution in [2.75, 3.05) is 0 Å². The van der Waals surface area contributed by atoms with Crippen LogP contribution in [0.15, 0.2) is 46.6 Å². The van der Waals surface area contributed by atoms with Gasteiger partial charge in [0.05, 0.1) is 21.4 Å². The minimum absolute atomic E-state index is 0.0984. The molecule has 1 N–H and O–H groups in total. The summed E-state index contributed by atoms with van der Waals surface area (Å²) in [5.41, 5.74) is 2.11. The smallest absolute Gasteiger partial charge is 0.236 e.